The lowest BCUT2D eigenvalue weighted by molar-refractivity contribution is -0.122. The first-order chi connectivity index (χ1) is 23.7. The van der Waals surface area contributed by atoms with Crippen LogP contribution in [0.5, 0.6) is 0 Å². The van der Waals surface area contributed by atoms with E-state index < -0.39 is 12.1 Å². The highest BCUT2D eigenvalue weighted by Gasteiger charge is 2.18. The van der Waals surface area contributed by atoms with Gasteiger partial charge in [0.05, 0.1) is 18.8 Å². The Morgan fingerprint density at radius 1 is 0.479 bits per heavy atom. The first-order valence-electron chi connectivity index (χ1n) is 21.5. The molecular weight excluding hydrogens is 590 g/mol. The van der Waals surface area contributed by atoms with Crippen LogP contribution < -0.4 is 5.32 Å². The monoisotopic (exact) mass is 676 g/mol. The second kappa shape index (κ2) is 40.3. The lowest BCUT2D eigenvalue weighted by Gasteiger charge is -2.21. The Labute approximate surface area is 300 Å². The van der Waals surface area contributed by atoms with Crippen LogP contribution in [0.4, 0.5) is 0 Å². The Morgan fingerprint density at radius 3 is 1.12 bits per heavy atom. The van der Waals surface area contributed by atoms with Gasteiger partial charge in [0.2, 0.25) is 5.91 Å². The number of nitrogens with one attached hydrogen (secondary N) is 1. The number of carbonyl (C=O) groups excluding carboxylic acids is 1. The van der Waals surface area contributed by atoms with Crippen molar-refractivity contribution in [1.82, 2.24) is 5.32 Å². The highest BCUT2D eigenvalue weighted by molar-refractivity contribution is 5.77. The molecule has 0 bridgehead atoms. The fourth-order valence-corrected chi connectivity index (χ4v) is 6.62. The van der Waals surface area contributed by atoms with Crippen LogP contribution in [-0.2, 0) is 4.79 Å². The minimum atomic E-state index is -0.763. The van der Waals surface area contributed by atoms with Crippen LogP contribution in [0.2, 0.25) is 0 Å². The molecule has 3 N–H and O–H groups in total. The molecule has 0 aromatic rings. The van der Waals surface area contributed by atoms with Crippen LogP contribution in [-0.4, -0.2) is 34.9 Å². The molecule has 0 heterocycles. The highest BCUT2D eigenvalue weighted by Crippen LogP contribution is 2.16. The number of aliphatic hydroxyl groups is 2. The average Bonchev–Trinajstić information content (AvgIpc) is 3.09. The molecule has 4 heteroatoms. The van der Waals surface area contributed by atoms with Crippen molar-refractivity contribution >= 4 is 5.91 Å². The van der Waals surface area contributed by atoms with Gasteiger partial charge in [0.1, 0.15) is 0 Å². The molecule has 0 radical (unpaired) electrons. The summed E-state index contributed by atoms with van der Waals surface area (Å²) in [6, 6.07) is -0.614. The summed E-state index contributed by atoms with van der Waals surface area (Å²) in [5, 5.41) is 22.9. The third kappa shape index (κ3) is 36.2. The quantitative estimate of drug-likeness (QED) is 0.0448. The second-order valence-electron chi connectivity index (χ2n) is 14.8. The Balaban J connectivity index is 3.55. The van der Waals surface area contributed by atoms with E-state index in [1.54, 1.807) is 0 Å². The van der Waals surface area contributed by atoms with Crippen LogP contribution in [0, 0.1) is 0 Å². The first kappa shape index (κ1) is 46.9. The smallest absolute Gasteiger partial charge is 0.224 e. The lowest BCUT2D eigenvalue weighted by Crippen LogP contribution is -2.45. The molecule has 0 aromatic carbocycles. The zero-order valence-electron chi connectivity index (χ0n) is 32.5. The summed E-state index contributed by atoms with van der Waals surface area (Å²) < 4.78 is 0. The van der Waals surface area contributed by atoms with Gasteiger partial charge in [-0.2, -0.15) is 0 Å². The molecule has 4 nitrogen and oxygen atoms in total. The van der Waals surface area contributed by atoms with Crippen molar-refractivity contribution in [3.63, 3.8) is 0 Å². The third-order valence-electron chi connectivity index (χ3n) is 9.97. The highest BCUT2D eigenvalue weighted by atomic mass is 16.3. The van der Waals surface area contributed by atoms with E-state index in [1.165, 1.54) is 193 Å². The van der Waals surface area contributed by atoms with E-state index in [4.69, 9.17) is 0 Å². The minimum Gasteiger partial charge on any atom is -0.394 e. The Bertz CT molecular complexity index is 691. The number of carbonyl (C=O) groups is 1. The van der Waals surface area contributed by atoms with Crippen molar-refractivity contribution in [2.45, 2.75) is 244 Å². The fraction of sp³-hybridized carbons (Fsp3) is 0.886. The van der Waals surface area contributed by atoms with Gasteiger partial charge in [-0.1, -0.05) is 218 Å². The topological polar surface area (TPSA) is 69.6 Å². The third-order valence-corrected chi connectivity index (χ3v) is 9.97. The molecule has 0 unspecified atom stereocenters. The first-order valence-corrected chi connectivity index (χ1v) is 21.5. The molecule has 0 spiro atoms. The number of amides is 1. The van der Waals surface area contributed by atoms with E-state index in [2.05, 4.69) is 31.3 Å². The number of aliphatic hydroxyl groups excluding tert-OH is 2. The predicted molar refractivity (Wildman–Crippen MR) is 212 cm³/mol. The molecule has 0 aliphatic heterocycles. The van der Waals surface area contributed by atoms with Crippen molar-refractivity contribution in [2.75, 3.05) is 6.61 Å². The molecule has 1 amide bonds. The summed E-state index contributed by atoms with van der Waals surface area (Å²) in [6.07, 6.45) is 51.5. The number of allylic oxidation sites excluding steroid dienone is 2. The van der Waals surface area contributed by atoms with Crippen LogP contribution in [0.1, 0.15) is 232 Å². The summed E-state index contributed by atoms with van der Waals surface area (Å²) in [5.41, 5.74) is 0. The summed E-state index contributed by atoms with van der Waals surface area (Å²) >= 11 is 0. The predicted octanol–water partition coefficient (Wildman–Crippen LogP) is 13.2. The molecule has 0 aliphatic rings. The normalized spacial score (nSPS) is 13.2. The van der Waals surface area contributed by atoms with Gasteiger partial charge < -0.3 is 15.5 Å². The molecule has 0 fully saturated rings. The van der Waals surface area contributed by atoms with Crippen LogP contribution in [0.15, 0.2) is 24.3 Å². The van der Waals surface area contributed by atoms with E-state index in [1.807, 2.05) is 12.2 Å². The lowest BCUT2D eigenvalue weighted by atomic mass is 10.0. The molecule has 48 heavy (non-hydrogen) atoms. The van der Waals surface area contributed by atoms with E-state index in [-0.39, 0.29) is 12.5 Å². The van der Waals surface area contributed by atoms with Gasteiger partial charge in [-0.25, -0.2) is 0 Å². The van der Waals surface area contributed by atoms with E-state index in [0.717, 1.165) is 12.8 Å². The number of unbranched alkanes of at least 4 members (excludes halogenated alkanes) is 30. The van der Waals surface area contributed by atoms with E-state index in [0.29, 0.717) is 12.8 Å². The van der Waals surface area contributed by atoms with Crippen molar-refractivity contribution in [2.24, 2.45) is 0 Å². The number of rotatable bonds is 39. The van der Waals surface area contributed by atoms with E-state index >= 15 is 0 Å². The maximum absolute atomic E-state index is 12.3. The Kier molecular flexibility index (Phi) is 39.4. The Morgan fingerprint density at radius 2 is 0.792 bits per heavy atom. The van der Waals surface area contributed by atoms with Gasteiger partial charge in [-0.15, -0.1) is 0 Å². The molecule has 0 rings (SSSR count). The molecule has 0 saturated carbocycles. The second-order valence-corrected chi connectivity index (χ2v) is 14.8. The maximum Gasteiger partial charge on any atom is 0.224 e. The minimum absolute atomic E-state index is 0.137. The van der Waals surface area contributed by atoms with E-state index in [9.17, 15) is 15.0 Å². The Hall–Kier alpha value is -1.13. The van der Waals surface area contributed by atoms with Crippen molar-refractivity contribution in [3.05, 3.63) is 24.3 Å². The standard InChI is InChI=1S/C44H85NO3/c1-3-5-7-9-11-13-15-17-18-19-20-21-22-23-24-25-26-28-30-32-34-36-38-40-44(48)45-42(41-46)43(47)39-37-35-33-31-29-27-16-14-12-10-8-6-4-2/h35-38,42-43,46-47H,3-34,39-41H2,1-2H3,(H,45,48)/t42-,43+/m0/s1. The largest absolute Gasteiger partial charge is 0.394 e. The van der Waals surface area contributed by atoms with Gasteiger partial charge in [-0.3, -0.25) is 4.79 Å². The number of hydrogen-bond acceptors (Lipinski definition) is 3. The SMILES string of the molecule is CCCCCCCCCCCCC=CC[C@@H](O)[C@H](CO)NC(=O)CC=CCCCCCCCCCCCCCCCCCCCCCC. The summed E-state index contributed by atoms with van der Waals surface area (Å²) in [5.74, 6) is -0.137. The average molecular weight is 676 g/mol. The zero-order chi connectivity index (χ0) is 35.0. The fourth-order valence-electron chi connectivity index (χ4n) is 6.62. The van der Waals surface area contributed by atoms with Gasteiger partial charge in [-0.05, 0) is 32.1 Å². The van der Waals surface area contributed by atoms with Crippen LogP contribution in [0.3, 0.4) is 0 Å². The molecule has 2 atom stereocenters. The van der Waals surface area contributed by atoms with Crippen LogP contribution in [0.25, 0.3) is 0 Å². The van der Waals surface area contributed by atoms with Gasteiger partial charge >= 0.3 is 0 Å². The zero-order valence-corrected chi connectivity index (χ0v) is 32.5. The summed E-state index contributed by atoms with van der Waals surface area (Å²) in [4.78, 5) is 12.3. The van der Waals surface area contributed by atoms with Crippen LogP contribution >= 0.6 is 0 Å². The molecule has 284 valence electrons. The number of hydrogen-bond donors (Lipinski definition) is 3. The van der Waals surface area contributed by atoms with Gasteiger partial charge in [0.15, 0.2) is 0 Å². The van der Waals surface area contributed by atoms with Gasteiger partial charge in [0.25, 0.3) is 0 Å². The maximum atomic E-state index is 12.3. The molecular formula is C44H85NO3. The molecule has 0 aromatic heterocycles. The van der Waals surface area contributed by atoms with Crippen molar-refractivity contribution in [1.29, 1.82) is 0 Å². The molecule has 0 aliphatic carbocycles. The molecule has 0 saturated heterocycles. The van der Waals surface area contributed by atoms with Gasteiger partial charge in [0, 0.05) is 6.42 Å². The summed E-state index contributed by atoms with van der Waals surface area (Å²) in [6.45, 7) is 4.31. The van der Waals surface area contributed by atoms with Crippen molar-refractivity contribution in [3.8, 4) is 0 Å². The summed E-state index contributed by atoms with van der Waals surface area (Å²) in [7, 11) is 0. The van der Waals surface area contributed by atoms with Crippen molar-refractivity contribution < 1.29 is 15.0 Å².